The Labute approximate surface area is 99.6 Å². The van der Waals surface area contributed by atoms with Crippen molar-refractivity contribution in [3.63, 3.8) is 0 Å². The molecule has 0 radical (unpaired) electrons. The van der Waals surface area contributed by atoms with Gasteiger partial charge < -0.3 is 10.2 Å². The molecule has 0 heterocycles. The number of nitrogens with one attached hydrogen (secondary N) is 1. The number of amides is 1. The molecule has 0 aromatic carbocycles. The van der Waals surface area contributed by atoms with Gasteiger partial charge in [0.1, 0.15) is 0 Å². The van der Waals surface area contributed by atoms with Crippen LogP contribution in [0.4, 0.5) is 0 Å². The summed E-state index contributed by atoms with van der Waals surface area (Å²) in [4.78, 5) is 13.9. The van der Waals surface area contributed by atoms with Crippen LogP contribution >= 0.6 is 0 Å². The van der Waals surface area contributed by atoms with E-state index >= 15 is 0 Å². The molecule has 0 bridgehead atoms. The van der Waals surface area contributed by atoms with Crippen molar-refractivity contribution in [1.82, 2.24) is 10.2 Å². The Hall–Kier alpha value is -0.570. The van der Waals surface area contributed by atoms with E-state index in [-0.39, 0.29) is 11.4 Å². The Kier molecular flexibility index (Phi) is 5.26. The van der Waals surface area contributed by atoms with Gasteiger partial charge in [-0.25, -0.2) is 0 Å². The second kappa shape index (κ2) is 6.24. The van der Waals surface area contributed by atoms with Crippen LogP contribution in [-0.2, 0) is 4.79 Å². The van der Waals surface area contributed by atoms with E-state index in [4.69, 9.17) is 0 Å². The molecule has 1 aliphatic carbocycles. The first kappa shape index (κ1) is 13.5. The zero-order chi connectivity index (χ0) is 12.0. The number of carbonyl (C=O) groups is 1. The molecule has 0 aromatic rings. The zero-order valence-corrected chi connectivity index (χ0v) is 11.0. The van der Waals surface area contributed by atoms with Gasteiger partial charge >= 0.3 is 0 Å². The molecule has 0 aromatic heterocycles. The molecule has 1 aliphatic rings. The van der Waals surface area contributed by atoms with Crippen LogP contribution in [0.15, 0.2) is 0 Å². The smallest absolute Gasteiger partial charge is 0.224 e. The van der Waals surface area contributed by atoms with E-state index in [9.17, 15) is 4.79 Å². The minimum Gasteiger partial charge on any atom is -0.346 e. The van der Waals surface area contributed by atoms with Gasteiger partial charge in [0.2, 0.25) is 5.91 Å². The van der Waals surface area contributed by atoms with E-state index in [1.54, 1.807) is 0 Å². The van der Waals surface area contributed by atoms with Crippen molar-refractivity contribution >= 4 is 5.91 Å². The maximum Gasteiger partial charge on any atom is 0.224 e. The first-order valence-electron chi connectivity index (χ1n) is 6.56. The minimum absolute atomic E-state index is 0.0807. The predicted molar refractivity (Wildman–Crippen MR) is 67.4 cm³/mol. The quantitative estimate of drug-likeness (QED) is 0.779. The van der Waals surface area contributed by atoms with Gasteiger partial charge in [0.05, 0.1) is 0 Å². The fourth-order valence-corrected chi connectivity index (χ4v) is 2.63. The van der Waals surface area contributed by atoms with E-state index in [1.165, 1.54) is 19.3 Å². The molecule has 1 rings (SSSR count). The van der Waals surface area contributed by atoms with Gasteiger partial charge in [-0.3, -0.25) is 4.79 Å². The number of carbonyl (C=O) groups excluding carboxylic acids is 1. The Balaban J connectivity index is 2.51. The topological polar surface area (TPSA) is 32.3 Å². The SMILES string of the molecule is CCCN(C)C(=O)CC1(NC)CCCCC1. The Bertz CT molecular complexity index is 222. The zero-order valence-electron chi connectivity index (χ0n) is 11.0. The van der Waals surface area contributed by atoms with Crippen LogP contribution in [0.1, 0.15) is 51.9 Å². The molecule has 0 spiro atoms. The lowest BCUT2D eigenvalue weighted by molar-refractivity contribution is -0.131. The highest BCUT2D eigenvalue weighted by Gasteiger charge is 2.33. The molecule has 94 valence electrons. The second-order valence-electron chi connectivity index (χ2n) is 5.08. The Morgan fingerprint density at radius 3 is 2.44 bits per heavy atom. The lowest BCUT2D eigenvalue weighted by atomic mass is 9.79. The number of hydrogen-bond donors (Lipinski definition) is 1. The van der Waals surface area contributed by atoms with Gasteiger partial charge in [-0.1, -0.05) is 26.2 Å². The van der Waals surface area contributed by atoms with Gasteiger partial charge in [-0.15, -0.1) is 0 Å². The fraction of sp³-hybridized carbons (Fsp3) is 0.923. The molecule has 0 saturated heterocycles. The first-order chi connectivity index (χ1) is 7.63. The van der Waals surface area contributed by atoms with Crippen molar-refractivity contribution in [1.29, 1.82) is 0 Å². The summed E-state index contributed by atoms with van der Waals surface area (Å²) in [6.07, 6.45) is 7.83. The first-order valence-corrected chi connectivity index (χ1v) is 6.56. The maximum absolute atomic E-state index is 12.1. The molecule has 3 heteroatoms. The molecule has 1 fully saturated rings. The Morgan fingerprint density at radius 2 is 1.94 bits per heavy atom. The molecule has 16 heavy (non-hydrogen) atoms. The van der Waals surface area contributed by atoms with E-state index in [1.807, 2.05) is 19.0 Å². The fourth-order valence-electron chi connectivity index (χ4n) is 2.63. The summed E-state index contributed by atoms with van der Waals surface area (Å²) < 4.78 is 0. The van der Waals surface area contributed by atoms with Crippen molar-refractivity contribution in [2.45, 2.75) is 57.4 Å². The van der Waals surface area contributed by atoms with Crippen molar-refractivity contribution in [2.75, 3.05) is 20.6 Å². The second-order valence-corrected chi connectivity index (χ2v) is 5.08. The van der Waals surface area contributed by atoms with Crippen LogP contribution in [0.25, 0.3) is 0 Å². The molecule has 0 unspecified atom stereocenters. The van der Waals surface area contributed by atoms with Crippen LogP contribution in [0.5, 0.6) is 0 Å². The minimum atomic E-state index is 0.0807. The van der Waals surface area contributed by atoms with Crippen LogP contribution in [0.3, 0.4) is 0 Å². The van der Waals surface area contributed by atoms with Crippen molar-refractivity contribution in [2.24, 2.45) is 0 Å². The van der Waals surface area contributed by atoms with E-state index in [2.05, 4.69) is 12.2 Å². The third kappa shape index (κ3) is 3.48. The van der Waals surface area contributed by atoms with E-state index in [0.717, 1.165) is 25.8 Å². The van der Waals surface area contributed by atoms with Crippen molar-refractivity contribution in [3.8, 4) is 0 Å². The molecule has 3 nitrogen and oxygen atoms in total. The van der Waals surface area contributed by atoms with Crippen LogP contribution < -0.4 is 5.32 Å². The third-order valence-electron chi connectivity index (χ3n) is 3.82. The summed E-state index contributed by atoms with van der Waals surface area (Å²) >= 11 is 0. The van der Waals surface area contributed by atoms with E-state index < -0.39 is 0 Å². The number of nitrogens with zero attached hydrogens (tertiary/aromatic N) is 1. The van der Waals surface area contributed by atoms with E-state index in [0.29, 0.717) is 6.42 Å². The van der Waals surface area contributed by atoms with Crippen LogP contribution in [0, 0.1) is 0 Å². The summed E-state index contributed by atoms with van der Waals surface area (Å²) in [6, 6.07) is 0. The van der Waals surface area contributed by atoms with Crippen LogP contribution in [-0.4, -0.2) is 37.0 Å². The van der Waals surface area contributed by atoms with Crippen molar-refractivity contribution in [3.05, 3.63) is 0 Å². The largest absolute Gasteiger partial charge is 0.346 e. The van der Waals surface area contributed by atoms with Gasteiger partial charge in [0.25, 0.3) is 0 Å². The molecule has 0 atom stereocenters. The molecule has 0 aliphatic heterocycles. The molecule has 1 N–H and O–H groups in total. The average molecular weight is 226 g/mol. The third-order valence-corrected chi connectivity index (χ3v) is 3.82. The monoisotopic (exact) mass is 226 g/mol. The summed E-state index contributed by atoms with van der Waals surface area (Å²) in [5, 5.41) is 3.40. The summed E-state index contributed by atoms with van der Waals surface area (Å²) in [7, 11) is 3.91. The van der Waals surface area contributed by atoms with Gasteiger partial charge in [-0.2, -0.15) is 0 Å². The van der Waals surface area contributed by atoms with Crippen LogP contribution in [0.2, 0.25) is 0 Å². The lowest BCUT2D eigenvalue weighted by Gasteiger charge is -2.37. The Morgan fingerprint density at radius 1 is 1.31 bits per heavy atom. The van der Waals surface area contributed by atoms with Gasteiger partial charge in [-0.05, 0) is 26.3 Å². The molecular weight excluding hydrogens is 200 g/mol. The highest BCUT2D eigenvalue weighted by molar-refractivity contribution is 5.77. The van der Waals surface area contributed by atoms with Crippen molar-refractivity contribution < 1.29 is 4.79 Å². The predicted octanol–water partition coefficient (Wildman–Crippen LogP) is 2.17. The van der Waals surface area contributed by atoms with Gasteiger partial charge in [0.15, 0.2) is 0 Å². The number of hydrogen-bond acceptors (Lipinski definition) is 2. The summed E-state index contributed by atoms with van der Waals surface area (Å²) in [5.41, 5.74) is 0.0807. The number of rotatable bonds is 5. The standard InChI is InChI=1S/C13H26N2O/c1-4-10-15(3)12(16)11-13(14-2)8-6-5-7-9-13/h14H,4-11H2,1-3H3. The molecular formula is C13H26N2O. The molecule has 1 amide bonds. The maximum atomic E-state index is 12.1. The van der Waals surface area contributed by atoms with Gasteiger partial charge in [0, 0.05) is 25.6 Å². The highest BCUT2D eigenvalue weighted by Crippen LogP contribution is 2.31. The highest BCUT2D eigenvalue weighted by atomic mass is 16.2. The summed E-state index contributed by atoms with van der Waals surface area (Å²) in [5.74, 6) is 0.290. The average Bonchev–Trinajstić information content (AvgIpc) is 2.30. The summed E-state index contributed by atoms with van der Waals surface area (Å²) in [6.45, 7) is 2.98. The molecule has 1 saturated carbocycles. The normalized spacial score (nSPS) is 19.4. The lowest BCUT2D eigenvalue weighted by Crippen LogP contribution is -2.48.